The van der Waals surface area contributed by atoms with Crippen molar-refractivity contribution in [3.8, 4) is 0 Å². The summed E-state index contributed by atoms with van der Waals surface area (Å²) in [5.41, 5.74) is 5.32. The first-order valence-electron chi connectivity index (χ1n) is 5.75. The van der Waals surface area contributed by atoms with Crippen molar-refractivity contribution in [2.75, 3.05) is 13.7 Å². The second kappa shape index (κ2) is 4.49. The summed E-state index contributed by atoms with van der Waals surface area (Å²) < 4.78 is 4.99. The van der Waals surface area contributed by atoms with Gasteiger partial charge in [0.05, 0.1) is 6.61 Å². The van der Waals surface area contributed by atoms with E-state index in [-0.39, 0.29) is 11.9 Å². The standard InChI is InChI=1S/C11H20N2O2/c1-15-6-10(11(12)14)13-9-5-7-2-3-8(9)4-7/h7-10,13H,2-6H2,1H3,(H2,12,14). The van der Waals surface area contributed by atoms with Gasteiger partial charge in [-0.2, -0.15) is 0 Å². The normalized spacial score (nSPS) is 35.7. The molecule has 3 N–H and O–H groups in total. The summed E-state index contributed by atoms with van der Waals surface area (Å²) in [5, 5.41) is 3.35. The number of amides is 1. The first-order chi connectivity index (χ1) is 7.20. The van der Waals surface area contributed by atoms with Crippen molar-refractivity contribution in [3.63, 3.8) is 0 Å². The SMILES string of the molecule is COCC(NC1CC2CCC1C2)C(N)=O. The molecule has 0 aromatic heterocycles. The Hall–Kier alpha value is -0.610. The number of fused-ring (bicyclic) bond motifs is 2. The molecule has 2 saturated carbocycles. The molecule has 0 heterocycles. The maximum Gasteiger partial charge on any atom is 0.236 e. The molecule has 86 valence electrons. The molecule has 4 atom stereocenters. The lowest BCUT2D eigenvalue weighted by Gasteiger charge is -2.26. The molecule has 1 amide bonds. The fraction of sp³-hybridized carbons (Fsp3) is 0.909. The van der Waals surface area contributed by atoms with Gasteiger partial charge in [-0.25, -0.2) is 0 Å². The van der Waals surface area contributed by atoms with E-state index in [1.54, 1.807) is 7.11 Å². The molecule has 0 aliphatic heterocycles. The lowest BCUT2D eigenvalue weighted by Crippen LogP contribution is -2.50. The third kappa shape index (κ3) is 2.32. The number of primary amides is 1. The molecule has 4 heteroatoms. The Morgan fingerprint density at radius 2 is 2.33 bits per heavy atom. The molecule has 4 unspecified atom stereocenters. The molecule has 2 fully saturated rings. The lowest BCUT2D eigenvalue weighted by molar-refractivity contribution is -0.121. The number of ether oxygens (including phenoxy) is 1. The minimum Gasteiger partial charge on any atom is -0.383 e. The Morgan fingerprint density at radius 3 is 2.80 bits per heavy atom. The van der Waals surface area contributed by atoms with Gasteiger partial charge >= 0.3 is 0 Å². The predicted octanol–water partition coefficient (Wildman–Crippen LogP) is 0.265. The van der Waals surface area contributed by atoms with Gasteiger partial charge in [-0.05, 0) is 31.1 Å². The van der Waals surface area contributed by atoms with Gasteiger partial charge in [-0.3, -0.25) is 4.79 Å². The van der Waals surface area contributed by atoms with Crippen LogP contribution in [0.3, 0.4) is 0 Å². The summed E-state index contributed by atoms with van der Waals surface area (Å²) in [7, 11) is 1.60. The maximum absolute atomic E-state index is 11.2. The minimum absolute atomic E-state index is 0.306. The van der Waals surface area contributed by atoms with Crippen LogP contribution in [0.2, 0.25) is 0 Å². The Bertz CT molecular complexity index is 245. The molecular weight excluding hydrogens is 192 g/mol. The van der Waals surface area contributed by atoms with E-state index in [0.717, 1.165) is 11.8 Å². The van der Waals surface area contributed by atoms with Crippen LogP contribution in [0, 0.1) is 11.8 Å². The van der Waals surface area contributed by atoms with Crippen LogP contribution >= 0.6 is 0 Å². The van der Waals surface area contributed by atoms with Crippen LogP contribution in [0.15, 0.2) is 0 Å². The highest BCUT2D eigenvalue weighted by atomic mass is 16.5. The van der Waals surface area contributed by atoms with E-state index >= 15 is 0 Å². The number of methoxy groups -OCH3 is 1. The third-order valence-electron chi connectivity index (χ3n) is 3.83. The molecule has 0 radical (unpaired) electrons. The van der Waals surface area contributed by atoms with Gasteiger partial charge in [0.15, 0.2) is 0 Å². The molecule has 2 aliphatic carbocycles. The van der Waals surface area contributed by atoms with Gasteiger partial charge in [0.1, 0.15) is 6.04 Å². The summed E-state index contributed by atoms with van der Waals surface area (Å²) >= 11 is 0. The highest BCUT2D eigenvalue weighted by Gasteiger charge is 2.40. The van der Waals surface area contributed by atoms with Gasteiger partial charge in [0, 0.05) is 13.2 Å². The molecule has 15 heavy (non-hydrogen) atoms. The van der Waals surface area contributed by atoms with Crippen molar-refractivity contribution in [1.29, 1.82) is 0 Å². The van der Waals surface area contributed by atoms with Crippen molar-refractivity contribution in [2.24, 2.45) is 17.6 Å². The number of carbonyl (C=O) groups excluding carboxylic acids is 1. The Labute approximate surface area is 90.5 Å². The lowest BCUT2D eigenvalue weighted by atomic mass is 9.94. The van der Waals surface area contributed by atoms with Crippen LogP contribution in [0.4, 0.5) is 0 Å². The molecule has 2 bridgehead atoms. The van der Waals surface area contributed by atoms with Crippen molar-refractivity contribution in [1.82, 2.24) is 5.32 Å². The third-order valence-corrected chi connectivity index (χ3v) is 3.83. The van der Waals surface area contributed by atoms with Gasteiger partial charge < -0.3 is 15.8 Å². The van der Waals surface area contributed by atoms with Gasteiger partial charge in [0.25, 0.3) is 0 Å². The minimum atomic E-state index is -0.320. The monoisotopic (exact) mass is 212 g/mol. The zero-order valence-electron chi connectivity index (χ0n) is 9.24. The fourth-order valence-corrected chi connectivity index (χ4v) is 3.09. The van der Waals surface area contributed by atoms with Gasteiger partial charge in [-0.15, -0.1) is 0 Å². The molecule has 0 aromatic carbocycles. The van der Waals surface area contributed by atoms with Crippen molar-refractivity contribution >= 4 is 5.91 Å². The Kier molecular flexibility index (Phi) is 3.26. The molecule has 4 nitrogen and oxygen atoms in total. The number of hydrogen-bond acceptors (Lipinski definition) is 3. The van der Waals surface area contributed by atoms with Crippen LogP contribution < -0.4 is 11.1 Å². The molecule has 0 aromatic rings. The number of nitrogens with two attached hydrogens (primary N) is 1. The summed E-state index contributed by atoms with van der Waals surface area (Å²) in [4.78, 5) is 11.2. The van der Waals surface area contributed by atoms with Crippen LogP contribution in [0.5, 0.6) is 0 Å². The summed E-state index contributed by atoms with van der Waals surface area (Å²) in [5.74, 6) is 1.33. The highest BCUT2D eigenvalue weighted by molar-refractivity contribution is 5.80. The van der Waals surface area contributed by atoms with E-state index in [1.165, 1.54) is 25.7 Å². The van der Waals surface area contributed by atoms with Crippen LogP contribution in [0.1, 0.15) is 25.7 Å². The van der Waals surface area contributed by atoms with Crippen LogP contribution in [0.25, 0.3) is 0 Å². The predicted molar refractivity (Wildman–Crippen MR) is 57.2 cm³/mol. The molecule has 2 aliphatic rings. The van der Waals surface area contributed by atoms with E-state index in [0.29, 0.717) is 12.6 Å². The van der Waals surface area contributed by atoms with Crippen molar-refractivity contribution in [2.45, 2.75) is 37.8 Å². The van der Waals surface area contributed by atoms with E-state index in [4.69, 9.17) is 10.5 Å². The Morgan fingerprint density at radius 1 is 1.53 bits per heavy atom. The number of carbonyl (C=O) groups is 1. The smallest absolute Gasteiger partial charge is 0.236 e. The van der Waals surface area contributed by atoms with E-state index in [1.807, 2.05) is 0 Å². The van der Waals surface area contributed by atoms with E-state index in [2.05, 4.69) is 5.32 Å². The average Bonchev–Trinajstić information content (AvgIpc) is 2.78. The van der Waals surface area contributed by atoms with Crippen LogP contribution in [-0.4, -0.2) is 31.7 Å². The van der Waals surface area contributed by atoms with E-state index < -0.39 is 0 Å². The molecule has 0 saturated heterocycles. The van der Waals surface area contributed by atoms with Crippen LogP contribution in [-0.2, 0) is 9.53 Å². The first-order valence-corrected chi connectivity index (χ1v) is 5.75. The van der Waals surface area contributed by atoms with Crippen molar-refractivity contribution in [3.05, 3.63) is 0 Å². The van der Waals surface area contributed by atoms with Gasteiger partial charge in [-0.1, -0.05) is 6.42 Å². The number of rotatable bonds is 5. The second-order valence-electron chi connectivity index (χ2n) is 4.86. The second-order valence-corrected chi connectivity index (χ2v) is 4.86. The van der Waals surface area contributed by atoms with Gasteiger partial charge in [0.2, 0.25) is 5.91 Å². The largest absolute Gasteiger partial charge is 0.383 e. The Balaban J connectivity index is 1.86. The maximum atomic E-state index is 11.2. The molecular formula is C11H20N2O2. The summed E-state index contributed by atoms with van der Waals surface area (Å²) in [6, 6.07) is 0.163. The molecule has 0 spiro atoms. The summed E-state index contributed by atoms with van der Waals surface area (Å²) in [6.07, 6.45) is 5.21. The topological polar surface area (TPSA) is 64.3 Å². The quantitative estimate of drug-likeness (QED) is 0.687. The zero-order valence-corrected chi connectivity index (χ0v) is 9.24. The number of nitrogens with one attached hydrogen (secondary N) is 1. The van der Waals surface area contributed by atoms with E-state index in [9.17, 15) is 4.79 Å². The fourth-order valence-electron chi connectivity index (χ4n) is 3.09. The summed E-state index contributed by atoms with van der Waals surface area (Å²) in [6.45, 7) is 0.378. The average molecular weight is 212 g/mol. The zero-order chi connectivity index (χ0) is 10.8. The first kappa shape index (κ1) is 10.9. The highest BCUT2D eigenvalue weighted by Crippen LogP contribution is 2.44. The van der Waals surface area contributed by atoms with Crippen molar-refractivity contribution < 1.29 is 9.53 Å². The number of hydrogen-bond donors (Lipinski definition) is 2. The molecule has 2 rings (SSSR count).